The van der Waals surface area contributed by atoms with Crippen LogP contribution in [0.2, 0.25) is 0 Å². The van der Waals surface area contributed by atoms with E-state index in [1.165, 1.54) is 43.6 Å². The number of hydrogen-bond donors (Lipinski definition) is 1. The lowest BCUT2D eigenvalue weighted by atomic mass is 9.86. The highest BCUT2D eigenvalue weighted by molar-refractivity contribution is 7.99. The van der Waals surface area contributed by atoms with Gasteiger partial charge in [-0.25, -0.2) is 0 Å². The van der Waals surface area contributed by atoms with E-state index in [1.807, 2.05) is 11.8 Å². The van der Waals surface area contributed by atoms with E-state index in [1.54, 1.807) is 7.11 Å². The van der Waals surface area contributed by atoms with Gasteiger partial charge in [-0.15, -0.1) is 0 Å². The van der Waals surface area contributed by atoms with Gasteiger partial charge >= 0.3 is 0 Å². The third-order valence-electron chi connectivity index (χ3n) is 4.31. The minimum Gasteiger partial charge on any atom is -0.385 e. The fraction of sp³-hybridized carbons (Fsp3) is 0.933. The van der Waals surface area contributed by atoms with Crippen molar-refractivity contribution < 1.29 is 4.74 Å². The first-order valence-corrected chi connectivity index (χ1v) is 8.72. The van der Waals surface area contributed by atoms with Crippen molar-refractivity contribution in [3.05, 3.63) is 0 Å². The van der Waals surface area contributed by atoms with Gasteiger partial charge in [0.25, 0.3) is 0 Å². The molecule has 2 atom stereocenters. The van der Waals surface area contributed by atoms with Gasteiger partial charge in [0, 0.05) is 19.8 Å². The Balaban J connectivity index is 1.70. The van der Waals surface area contributed by atoms with Gasteiger partial charge in [-0.2, -0.15) is 17.0 Å². The number of rotatable bonds is 9. The van der Waals surface area contributed by atoms with Crippen LogP contribution in [0.4, 0.5) is 0 Å². The second-order valence-electron chi connectivity index (χ2n) is 5.84. The molecular weight excluding hydrogens is 256 g/mol. The summed E-state index contributed by atoms with van der Waals surface area (Å²) < 4.78 is 5.06. The maximum atomic E-state index is 9.60. The summed E-state index contributed by atoms with van der Waals surface area (Å²) >= 11 is 2.01. The van der Waals surface area contributed by atoms with Crippen molar-refractivity contribution in [3.8, 4) is 6.07 Å². The number of methoxy groups -OCH3 is 1. The Kier molecular flexibility index (Phi) is 6.00. The molecule has 108 valence electrons. The molecule has 0 aromatic carbocycles. The third kappa shape index (κ3) is 4.37. The summed E-state index contributed by atoms with van der Waals surface area (Å²) in [6, 6.07) is 3.25. The zero-order valence-electron chi connectivity index (χ0n) is 12.0. The van der Waals surface area contributed by atoms with Gasteiger partial charge < -0.3 is 4.74 Å². The molecule has 0 bridgehead atoms. The smallest absolute Gasteiger partial charge is 0.109 e. The summed E-state index contributed by atoms with van der Waals surface area (Å²) in [5, 5.41) is 13.2. The number of thioether (sulfide) groups is 1. The molecule has 2 unspecified atom stereocenters. The number of nitrogens with one attached hydrogen (secondary N) is 1. The van der Waals surface area contributed by atoms with Crippen LogP contribution in [0.1, 0.15) is 44.9 Å². The molecule has 4 heteroatoms. The fourth-order valence-corrected chi connectivity index (χ4v) is 4.04. The molecular formula is C15H26N2OS. The van der Waals surface area contributed by atoms with E-state index in [-0.39, 0.29) is 5.54 Å². The summed E-state index contributed by atoms with van der Waals surface area (Å²) in [7, 11) is 1.76. The molecule has 0 saturated heterocycles. The zero-order valence-corrected chi connectivity index (χ0v) is 12.8. The lowest BCUT2D eigenvalue weighted by molar-refractivity contribution is 0.200. The van der Waals surface area contributed by atoms with Crippen molar-refractivity contribution >= 4 is 11.8 Å². The zero-order chi connectivity index (χ0) is 13.6. The average molecular weight is 282 g/mol. The molecule has 0 heterocycles. The molecule has 2 aliphatic rings. The van der Waals surface area contributed by atoms with Crippen molar-refractivity contribution in [2.45, 2.75) is 56.5 Å². The first kappa shape index (κ1) is 15.2. The summed E-state index contributed by atoms with van der Waals surface area (Å²) in [5.74, 6) is 2.92. The van der Waals surface area contributed by atoms with E-state index >= 15 is 0 Å². The highest BCUT2D eigenvalue weighted by atomic mass is 32.2. The lowest BCUT2D eigenvalue weighted by Crippen LogP contribution is -2.48. The highest BCUT2D eigenvalue weighted by Crippen LogP contribution is 2.40. The number of nitriles is 1. The maximum absolute atomic E-state index is 9.60. The lowest BCUT2D eigenvalue weighted by Gasteiger charge is -2.30. The number of nitrogens with zero attached hydrogens (tertiary/aromatic N) is 1. The Bertz CT molecular complexity index is 314. The van der Waals surface area contributed by atoms with Crippen molar-refractivity contribution in [2.75, 3.05) is 25.2 Å². The standard InChI is InChI=1S/C15H26N2OS/c1-18-9-3-10-19-11-7-13-4-2-8-15(13,12-16)17-14-5-6-14/h13-14,17H,2-11H2,1H3. The predicted molar refractivity (Wildman–Crippen MR) is 80.3 cm³/mol. The molecule has 0 aromatic rings. The van der Waals surface area contributed by atoms with Gasteiger partial charge in [0.15, 0.2) is 0 Å². The van der Waals surface area contributed by atoms with Crippen molar-refractivity contribution in [3.63, 3.8) is 0 Å². The second-order valence-corrected chi connectivity index (χ2v) is 7.06. The van der Waals surface area contributed by atoms with E-state index in [4.69, 9.17) is 4.74 Å². The van der Waals surface area contributed by atoms with E-state index in [0.717, 1.165) is 19.4 Å². The average Bonchev–Trinajstić information content (AvgIpc) is 3.14. The topological polar surface area (TPSA) is 45.0 Å². The number of ether oxygens (including phenoxy) is 1. The molecule has 0 aliphatic heterocycles. The van der Waals surface area contributed by atoms with Gasteiger partial charge in [0.1, 0.15) is 5.54 Å². The van der Waals surface area contributed by atoms with Crippen molar-refractivity contribution in [2.24, 2.45) is 5.92 Å². The molecule has 19 heavy (non-hydrogen) atoms. The highest BCUT2D eigenvalue weighted by Gasteiger charge is 2.45. The Hall–Kier alpha value is -0.240. The Morgan fingerprint density at radius 2 is 2.21 bits per heavy atom. The number of hydrogen-bond acceptors (Lipinski definition) is 4. The molecule has 3 nitrogen and oxygen atoms in total. The van der Waals surface area contributed by atoms with Gasteiger partial charge in [-0.05, 0) is 55.9 Å². The van der Waals surface area contributed by atoms with Crippen LogP contribution in [-0.4, -0.2) is 36.8 Å². The molecule has 2 saturated carbocycles. The molecule has 2 fully saturated rings. The summed E-state index contributed by atoms with van der Waals surface area (Å²) in [6.45, 7) is 0.863. The molecule has 0 amide bonds. The first-order chi connectivity index (χ1) is 9.30. The van der Waals surface area contributed by atoms with E-state index < -0.39 is 0 Å². The Morgan fingerprint density at radius 1 is 1.37 bits per heavy atom. The maximum Gasteiger partial charge on any atom is 0.109 e. The Morgan fingerprint density at radius 3 is 2.89 bits per heavy atom. The van der Waals surface area contributed by atoms with Crippen molar-refractivity contribution in [1.82, 2.24) is 5.32 Å². The SMILES string of the molecule is COCCCSCCC1CCCC1(C#N)NC1CC1. The van der Waals surface area contributed by atoms with Crippen LogP contribution in [0.3, 0.4) is 0 Å². The van der Waals surface area contributed by atoms with Crippen LogP contribution in [-0.2, 0) is 4.74 Å². The van der Waals surface area contributed by atoms with Crippen molar-refractivity contribution in [1.29, 1.82) is 5.26 Å². The molecule has 0 spiro atoms. The predicted octanol–water partition coefficient (Wildman–Crippen LogP) is 2.96. The molecule has 2 aliphatic carbocycles. The molecule has 2 rings (SSSR count). The minimum absolute atomic E-state index is 0.200. The third-order valence-corrected chi connectivity index (χ3v) is 5.41. The normalized spacial score (nSPS) is 30.4. The van der Waals surface area contributed by atoms with Gasteiger partial charge in [-0.1, -0.05) is 6.42 Å². The molecule has 0 radical (unpaired) electrons. The van der Waals surface area contributed by atoms with Gasteiger partial charge in [-0.3, -0.25) is 5.32 Å². The van der Waals surface area contributed by atoms with Crippen LogP contribution in [0, 0.1) is 17.2 Å². The van der Waals surface area contributed by atoms with Crippen LogP contribution in [0.5, 0.6) is 0 Å². The second kappa shape index (κ2) is 7.52. The summed E-state index contributed by atoms with van der Waals surface area (Å²) in [5.41, 5.74) is -0.200. The summed E-state index contributed by atoms with van der Waals surface area (Å²) in [6.07, 6.45) is 8.35. The van der Waals surface area contributed by atoms with Crippen LogP contribution >= 0.6 is 11.8 Å². The molecule has 1 N–H and O–H groups in total. The van der Waals surface area contributed by atoms with E-state index in [9.17, 15) is 5.26 Å². The first-order valence-electron chi connectivity index (χ1n) is 7.56. The van der Waals surface area contributed by atoms with E-state index in [2.05, 4.69) is 11.4 Å². The minimum atomic E-state index is -0.200. The molecule has 0 aromatic heterocycles. The quantitative estimate of drug-likeness (QED) is 0.660. The fourth-order valence-electron chi connectivity index (χ4n) is 3.06. The summed E-state index contributed by atoms with van der Waals surface area (Å²) in [4.78, 5) is 0. The van der Waals surface area contributed by atoms with Gasteiger partial charge in [0.2, 0.25) is 0 Å². The van der Waals surface area contributed by atoms with E-state index in [0.29, 0.717) is 12.0 Å². The largest absolute Gasteiger partial charge is 0.385 e. The van der Waals surface area contributed by atoms with Crippen LogP contribution in [0.25, 0.3) is 0 Å². The van der Waals surface area contributed by atoms with Crippen LogP contribution in [0.15, 0.2) is 0 Å². The monoisotopic (exact) mass is 282 g/mol. The van der Waals surface area contributed by atoms with Gasteiger partial charge in [0.05, 0.1) is 6.07 Å². The van der Waals surface area contributed by atoms with Crippen LogP contribution < -0.4 is 5.32 Å². The Labute approximate surface area is 121 Å².